The Hall–Kier alpha value is -2.55. The summed E-state index contributed by atoms with van der Waals surface area (Å²) in [4.78, 5) is 18.1. The lowest BCUT2D eigenvalue weighted by Crippen LogP contribution is -2.35. The molecule has 3 aromatic rings. The number of fused-ring (bicyclic) bond motifs is 3. The van der Waals surface area contributed by atoms with Crippen LogP contribution in [0.5, 0.6) is 0 Å². The second kappa shape index (κ2) is 5.02. The molecule has 0 saturated heterocycles. The third kappa shape index (κ3) is 2.10. The van der Waals surface area contributed by atoms with E-state index in [4.69, 9.17) is 0 Å². The molecule has 1 aliphatic rings. The first-order valence-electron chi connectivity index (χ1n) is 7.67. The van der Waals surface area contributed by atoms with Crippen LogP contribution in [0.4, 0.5) is 0 Å². The third-order valence-corrected chi connectivity index (χ3v) is 4.44. The van der Waals surface area contributed by atoms with Crippen molar-refractivity contribution in [2.45, 2.75) is 19.9 Å². The number of amides is 1. The largest absolute Gasteiger partial charge is 0.358 e. The minimum absolute atomic E-state index is 0.118. The summed E-state index contributed by atoms with van der Waals surface area (Å²) in [7, 11) is 0. The summed E-state index contributed by atoms with van der Waals surface area (Å²) < 4.78 is 0. The molecule has 0 atom stereocenters. The zero-order valence-electron chi connectivity index (χ0n) is 12.6. The van der Waals surface area contributed by atoms with Gasteiger partial charge >= 0.3 is 0 Å². The fraction of sp³-hybridized carbons (Fsp3) is 0.211. The number of aromatic nitrogens is 1. The van der Waals surface area contributed by atoms with Gasteiger partial charge in [0.25, 0.3) is 5.91 Å². The van der Waals surface area contributed by atoms with E-state index in [2.05, 4.69) is 30.1 Å². The Bertz CT molecular complexity index is 849. The predicted octanol–water partition coefficient (Wildman–Crippen LogP) is 3.67. The predicted molar refractivity (Wildman–Crippen MR) is 87.9 cm³/mol. The smallest absolute Gasteiger partial charge is 0.254 e. The first kappa shape index (κ1) is 13.1. The van der Waals surface area contributed by atoms with Crippen LogP contribution in [0, 0.1) is 6.92 Å². The Kier molecular flexibility index (Phi) is 3.00. The molecule has 3 heteroatoms. The van der Waals surface area contributed by atoms with Gasteiger partial charge in [0.05, 0.1) is 0 Å². The number of carbonyl (C=O) groups excluding carboxylic acids is 1. The van der Waals surface area contributed by atoms with Crippen LogP contribution >= 0.6 is 0 Å². The maximum absolute atomic E-state index is 12.6. The lowest BCUT2D eigenvalue weighted by Gasteiger charge is -2.27. The van der Waals surface area contributed by atoms with Gasteiger partial charge in [-0.2, -0.15) is 0 Å². The van der Waals surface area contributed by atoms with Gasteiger partial charge in [-0.25, -0.2) is 0 Å². The Morgan fingerprint density at radius 1 is 1.14 bits per heavy atom. The van der Waals surface area contributed by atoms with Crippen molar-refractivity contribution in [1.29, 1.82) is 0 Å². The Balaban J connectivity index is 1.69. The number of rotatable bonds is 1. The van der Waals surface area contributed by atoms with Gasteiger partial charge in [-0.1, -0.05) is 30.3 Å². The Morgan fingerprint density at radius 3 is 2.77 bits per heavy atom. The summed E-state index contributed by atoms with van der Waals surface area (Å²) in [6.07, 6.45) is 0.891. The van der Waals surface area contributed by atoms with E-state index in [-0.39, 0.29) is 5.91 Å². The molecule has 0 saturated carbocycles. The molecule has 0 bridgehead atoms. The normalized spacial score (nSPS) is 14.1. The van der Waals surface area contributed by atoms with E-state index in [1.807, 2.05) is 35.2 Å². The average molecular weight is 290 g/mol. The van der Waals surface area contributed by atoms with E-state index >= 15 is 0 Å². The summed E-state index contributed by atoms with van der Waals surface area (Å²) >= 11 is 0. The highest BCUT2D eigenvalue weighted by Crippen LogP contribution is 2.29. The van der Waals surface area contributed by atoms with Crippen molar-refractivity contribution in [3.63, 3.8) is 0 Å². The summed E-state index contributed by atoms with van der Waals surface area (Å²) in [5.41, 5.74) is 5.74. The number of carbonyl (C=O) groups is 1. The van der Waals surface area contributed by atoms with Gasteiger partial charge in [0, 0.05) is 47.2 Å². The summed E-state index contributed by atoms with van der Waals surface area (Å²) in [5, 5.41) is 1.24. The molecule has 0 fully saturated rings. The van der Waals surface area contributed by atoms with Gasteiger partial charge in [0.15, 0.2) is 0 Å². The zero-order valence-corrected chi connectivity index (χ0v) is 12.6. The maximum Gasteiger partial charge on any atom is 0.254 e. The highest BCUT2D eigenvalue weighted by Gasteiger charge is 2.24. The van der Waals surface area contributed by atoms with E-state index in [1.165, 1.54) is 27.7 Å². The summed E-state index contributed by atoms with van der Waals surface area (Å²) in [5.74, 6) is 0.118. The molecule has 1 aliphatic heterocycles. The number of benzene rings is 2. The molecule has 22 heavy (non-hydrogen) atoms. The first-order valence-corrected chi connectivity index (χ1v) is 7.67. The second-order valence-corrected chi connectivity index (χ2v) is 5.97. The Labute approximate surface area is 129 Å². The molecule has 2 aromatic carbocycles. The molecule has 0 aliphatic carbocycles. The number of hydrogen-bond acceptors (Lipinski definition) is 1. The van der Waals surface area contributed by atoms with Gasteiger partial charge in [0.1, 0.15) is 0 Å². The van der Waals surface area contributed by atoms with Crippen molar-refractivity contribution < 1.29 is 4.79 Å². The lowest BCUT2D eigenvalue weighted by molar-refractivity contribution is 0.0735. The number of nitrogens with zero attached hydrogens (tertiary/aromatic N) is 1. The van der Waals surface area contributed by atoms with E-state index < -0.39 is 0 Å². The average Bonchev–Trinajstić information content (AvgIpc) is 2.91. The van der Waals surface area contributed by atoms with E-state index in [9.17, 15) is 4.79 Å². The van der Waals surface area contributed by atoms with E-state index in [1.54, 1.807) is 0 Å². The van der Waals surface area contributed by atoms with Crippen LogP contribution in [-0.2, 0) is 13.0 Å². The van der Waals surface area contributed by atoms with Crippen molar-refractivity contribution in [3.05, 3.63) is 70.9 Å². The van der Waals surface area contributed by atoms with Crippen molar-refractivity contribution in [2.75, 3.05) is 6.54 Å². The van der Waals surface area contributed by atoms with Crippen molar-refractivity contribution in [2.24, 2.45) is 0 Å². The zero-order chi connectivity index (χ0) is 15.1. The number of aryl methyl sites for hydroxylation is 1. The third-order valence-electron chi connectivity index (χ3n) is 4.44. The molecular weight excluding hydrogens is 272 g/mol. The molecule has 0 spiro atoms. The van der Waals surface area contributed by atoms with E-state index in [0.717, 1.165) is 18.5 Å². The van der Waals surface area contributed by atoms with Crippen LogP contribution < -0.4 is 0 Å². The molecular formula is C19H18N2O. The van der Waals surface area contributed by atoms with Crippen LogP contribution in [-0.4, -0.2) is 22.3 Å². The number of H-pyrrole nitrogens is 1. The fourth-order valence-electron chi connectivity index (χ4n) is 3.27. The SMILES string of the molecule is Cc1ccc2c3c([nH]c2c1)CCN(C(=O)c1ccccc1)C3. The standard InChI is InChI=1S/C19H18N2O/c1-13-7-8-15-16-12-21(10-9-17(16)20-18(15)11-13)19(22)14-5-3-2-4-6-14/h2-8,11,20H,9-10,12H2,1H3. The molecule has 110 valence electrons. The van der Waals surface area contributed by atoms with Crippen LogP contribution in [0.1, 0.15) is 27.2 Å². The molecule has 0 radical (unpaired) electrons. The fourth-order valence-corrected chi connectivity index (χ4v) is 3.27. The van der Waals surface area contributed by atoms with Crippen molar-refractivity contribution in [3.8, 4) is 0 Å². The van der Waals surface area contributed by atoms with Gasteiger partial charge < -0.3 is 9.88 Å². The highest BCUT2D eigenvalue weighted by atomic mass is 16.2. The minimum atomic E-state index is 0.118. The van der Waals surface area contributed by atoms with E-state index in [0.29, 0.717) is 6.54 Å². The number of aromatic amines is 1. The van der Waals surface area contributed by atoms with Gasteiger partial charge in [-0.05, 0) is 30.7 Å². The van der Waals surface area contributed by atoms with Crippen LogP contribution in [0.15, 0.2) is 48.5 Å². The van der Waals surface area contributed by atoms with Crippen molar-refractivity contribution >= 4 is 16.8 Å². The minimum Gasteiger partial charge on any atom is -0.358 e. The first-order chi connectivity index (χ1) is 10.7. The van der Waals surface area contributed by atoms with Gasteiger partial charge in [-0.15, -0.1) is 0 Å². The molecule has 1 aromatic heterocycles. The highest BCUT2D eigenvalue weighted by molar-refractivity contribution is 5.95. The van der Waals surface area contributed by atoms with Gasteiger partial charge in [-0.3, -0.25) is 4.79 Å². The van der Waals surface area contributed by atoms with Crippen LogP contribution in [0.2, 0.25) is 0 Å². The molecule has 3 nitrogen and oxygen atoms in total. The topological polar surface area (TPSA) is 36.1 Å². The lowest BCUT2D eigenvalue weighted by atomic mass is 10.0. The van der Waals surface area contributed by atoms with Crippen LogP contribution in [0.25, 0.3) is 10.9 Å². The molecule has 4 rings (SSSR count). The summed E-state index contributed by atoms with van der Waals surface area (Å²) in [6, 6.07) is 16.0. The number of nitrogens with one attached hydrogen (secondary N) is 1. The monoisotopic (exact) mass is 290 g/mol. The van der Waals surface area contributed by atoms with Crippen LogP contribution in [0.3, 0.4) is 0 Å². The summed E-state index contributed by atoms with van der Waals surface area (Å²) in [6.45, 7) is 3.56. The van der Waals surface area contributed by atoms with Gasteiger partial charge in [0.2, 0.25) is 0 Å². The molecule has 0 unspecified atom stereocenters. The maximum atomic E-state index is 12.6. The van der Waals surface area contributed by atoms with Crippen molar-refractivity contribution in [1.82, 2.24) is 9.88 Å². The number of hydrogen-bond donors (Lipinski definition) is 1. The Morgan fingerprint density at radius 2 is 1.95 bits per heavy atom. The second-order valence-electron chi connectivity index (χ2n) is 5.97. The molecule has 1 N–H and O–H groups in total. The molecule has 1 amide bonds. The molecule has 2 heterocycles. The quantitative estimate of drug-likeness (QED) is 0.729.